The van der Waals surface area contributed by atoms with Crippen molar-refractivity contribution < 1.29 is 18.0 Å². The molecule has 3 aromatic rings. The molecule has 0 aliphatic carbocycles. The number of hydrogen-bond acceptors (Lipinski definition) is 8. The number of piperazine rings is 1. The third kappa shape index (κ3) is 4.35. The topological polar surface area (TPSA) is 139 Å². The average molecular weight is 475 g/mol. The molecule has 1 aromatic heterocycles. The molecule has 1 saturated heterocycles. The van der Waals surface area contributed by atoms with Gasteiger partial charge in [-0.1, -0.05) is 6.07 Å². The second-order valence-corrected chi connectivity index (χ2v) is 9.87. The Morgan fingerprint density at radius 1 is 1.06 bits per heavy atom. The molecule has 32 heavy (non-hydrogen) atoms. The molecule has 0 bridgehead atoms. The van der Waals surface area contributed by atoms with E-state index < -0.39 is 22.0 Å². The van der Waals surface area contributed by atoms with E-state index in [0.29, 0.717) is 35.4 Å². The number of nitrogens with one attached hydrogen (secondary N) is 1. The SMILES string of the molecule is CC(C(=O)Nc1ccc(C(N)=O)cc1)N1CCN(S(=O)(=O)c2cccc3nsnc23)CC1. The Bertz CT molecular complexity index is 1250. The van der Waals surface area contributed by atoms with Gasteiger partial charge in [-0.05, 0) is 43.3 Å². The van der Waals surface area contributed by atoms with Gasteiger partial charge in [-0.3, -0.25) is 14.5 Å². The summed E-state index contributed by atoms with van der Waals surface area (Å²) < 4.78 is 36.0. The zero-order chi connectivity index (χ0) is 22.9. The average Bonchev–Trinajstić information content (AvgIpc) is 3.28. The van der Waals surface area contributed by atoms with Crippen molar-refractivity contribution in [1.82, 2.24) is 18.0 Å². The van der Waals surface area contributed by atoms with Crippen molar-refractivity contribution in [1.29, 1.82) is 0 Å². The first-order valence-electron chi connectivity index (χ1n) is 9.93. The predicted molar refractivity (Wildman–Crippen MR) is 121 cm³/mol. The van der Waals surface area contributed by atoms with Gasteiger partial charge in [0.05, 0.1) is 17.8 Å². The number of rotatable bonds is 6. The standard InChI is InChI=1S/C20H22N6O4S2/c1-13(20(28)22-15-7-5-14(6-8-15)19(21)27)25-9-11-26(12-10-25)32(29,30)17-4-2-3-16-18(17)24-31-23-16/h2-8,13H,9-12H2,1H3,(H2,21,27)(H,22,28). The summed E-state index contributed by atoms with van der Waals surface area (Å²) in [6, 6.07) is 10.8. The minimum Gasteiger partial charge on any atom is -0.366 e. The number of aromatic nitrogens is 2. The molecule has 0 radical (unpaired) electrons. The number of anilines is 1. The van der Waals surface area contributed by atoms with Crippen LogP contribution in [-0.4, -0.2) is 70.4 Å². The van der Waals surface area contributed by atoms with Crippen LogP contribution in [0.2, 0.25) is 0 Å². The molecule has 0 saturated carbocycles. The molecule has 2 amide bonds. The number of carbonyl (C=O) groups is 2. The largest absolute Gasteiger partial charge is 0.366 e. The molecule has 10 nitrogen and oxygen atoms in total. The maximum Gasteiger partial charge on any atom is 0.248 e. The molecule has 1 fully saturated rings. The molecule has 168 valence electrons. The van der Waals surface area contributed by atoms with Gasteiger partial charge in [-0.25, -0.2) is 8.42 Å². The lowest BCUT2D eigenvalue weighted by atomic mass is 10.2. The molecule has 4 rings (SSSR count). The van der Waals surface area contributed by atoms with Crippen molar-refractivity contribution in [3.63, 3.8) is 0 Å². The van der Waals surface area contributed by atoms with Gasteiger partial charge in [0.25, 0.3) is 0 Å². The van der Waals surface area contributed by atoms with E-state index in [0.717, 1.165) is 11.7 Å². The normalized spacial score (nSPS) is 16.7. The molecule has 0 spiro atoms. The fourth-order valence-corrected chi connectivity index (χ4v) is 5.76. The Hall–Kier alpha value is -2.93. The number of amides is 2. The van der Waals surface area contributed by atoms with Crippen molar-refractivity contribution in [3.8, 4) is 0 Å². The third-order valence-electron chi connectivity index (χ3n) is 5.50. The highest BCUT2D eigenvalue weighted by atomic mass is 32.2. The van der Waals surface area contributed by atoms with Gasteiger partial charge >= 0.3 is 0 Å². The number of fused-ring (bicyclic) bond motifs is 1. The third-order valence-corrected chi connectivity index (χ3v) is 7.98. The Labute approximate surface area is 189 Å². The van der Waals surface area contributed by atoms with E-state index in [-0.39, 0.29) is 23.9 Å². The van der Waals surface area contributed by atoms with Gasteiger partial charge in [-0.15, -0.1) is 0 Å². The summed E-state index contributed by atoms with van der Waals surface area (Å²) in [6.07, 6.45) is 0. The summed E-state index contributed by atoms with van der Waals surface area (Å²) in [5.74, 6) is -0.752. The Morgan fingerprint density at radius 2 is 1.75 bits per heavy atom. The van der Waals surface area contributed by atoms with Crippen LogP contribution in [0, 0.1) is 0 Å². The number of carbonyl (C=O) groups excluding carboxylic acids is 2. The van der Waals surface area contributed by atoms with E-state index in [4.69, 9.17) is 5.73 Å². The minimum absolute atomic E-state index is 0.155. The first-order chi connectivity index (χ1) is 15.3. The first kappa shape index (κ1) is 22.3. The van der Waals surface area contributed by atoms with Gasteiger partial charge in [0.15, 0.2) is 0 Å². The van der Waals surface area contributed by atoms with E-state index in [2.05, 4.69) is 14.1 Å². The highest BCUT2D eigenvalue weighted by molar-refractivity contribution is 7.89. The number of primary amides is 1. The second kappa shape index (κ2) is 8.90. The van der Waals surface area contributed by atoms with Crippen LogP contribution in [0.5, 0.6) is 0 Å². The van der Waals surface area contributed by atoms with Gasteiger partial charge in [-0.2, -0.15) is 13.1 Å². The lowest BCUT2D eigenvalue weighted by molar-refractivity contribution is -0.121. The Morgan fingerprint density at radius 3 is 2.41 bits per heavy atom. The van der Waals surface area contributed by atoms with Gasteiger partial charge in [0.1, 0.15) is 15.9 Å². The minimum atomic E-state index is -3.72. The van der Waals surface area contributed by atoms with Crippen LogP contribution in [0.1, 0.15) is 17.3 Å². The zero-order valence-electron chi connectivity index (χ0n) is 17.3. The van der Waals surface area contributed by atoms with E-state index >= 15 is 0 Å². The summed E-state index contributed by atoms with van der Waals surface area (Å²) in [4.78, 5) is 25.9. The van der Waals surface area contributed by atoms with E-state index in [1.54, 1.807) is 49.4 Å². The highest BCUT2D eigenvalue weighted by Crippen LogP contribution is 2.25. The van der Waals surface area contributed by atoms with Crippen molar-refractivity contribution in [3.05, 3.63) is 48.0 Å². The van der Waals surface area contributed by atoms with E-state index in [1.165, 1.54) is 4.31 Å². The second-order valence-electron chi connectivity index (χ2n) is 7.43. The van der Waals surface area contributed by atoms with Gasteiger partial charge in [0, 0.05) is 37.4 Å². The van der Waals surface area contributed by atoms with E-state index in [9.17, 15) is 18.0 Å². The first-order valence-corrected chi connectivity index (χ1v) is 12.1. The van der Waals surface area contributed by atoms with Crippen LogP contribution in [-0.2, 0) is 14.8 Å². The number of nitrogens with two attached hydrogens (primary N) is 1. The van der Waals surface area contributed by atoms with Crippen LogP contribution in [0.25, 0.3) is 11.0 Å². The Kier molecular flexibility index (Phi) is 6.20. The van der Waals surface area contributed by atoms with E-state index in [1.807, 2.05) is 4.90 Å². The molecular formula is C20H22N6O4S2. The lowest BCUT2D eigenvalue weighted by Gasteiger charge is -2.36. The zero-order valence-corrected chi connectivity index (χ0v) is 18.9. The molecule has 1 atom stereocenters. The van der Waals surface area contributed by atoms with Crippen molar-refractivity contribution in [2.45, 2.75) is 17.9 Å². The van der Waals surface area contributed by atoms with Crippen LogP contribution < -0.4 is 11.1 Å². The molecular weight excluding hydrogens is 452 g/mol. The maximum atomic E-state index is 13.2. The Balaban J connectivity index is 1.39. The quantitative estimate of drug-likeness (QED) is 0.546. The fraction of sp³-hybridized carbons (Fsp3) is 0.300. The molecule has 3 N–H and O–H groups in total. The molecule has 1 unspecified atom stereocenters. The lowest BCUT2D eigenvalue weighted by Crippen LogP contribution is -2.53. The number of hydrogen-bond donors (Lipinski definition) is 2. The summed E-state index contributed by atoms with van der Waals surface area (Å²) >= 11 is 0.982. The monoisotopic (exact) mass is 474 g/mol. The number of nitrogens with zero attached hydrogens (tertiary/aromatic N) is 4. The smallest absolute Gasteiger partial charge is 0.248 e. The van der Waals surface area contributed by atoms with Crippen LogP contribution in [0.4, 0.5) is 5.69 Å². The van der Waals surface area contributed by atoms with Crippen LogP contribution in [0.3, 0.4) is 0 Å². The van der Waals surface area contributed by atoms with Crippen LogP contribution in [0.15, 0.2) is 47.4 Å². The summed E-state index contributed by atoms with van der Waals surface area (Å²) in [6.45, 7) is 3.14. The molecule has 1 aliphatic heterocycles. The highest BCUT2D eigenvalue weighted by Gasteiger charge is 2.33. The molecule has 2 aromatic carbocycles. The van der Waals surface area contributed by atoms with Gasteiger partial charge < -0.3 is 11.1 Å². The predicted octanol–water partition coefficient (Wildman–Crippen LogP) is 1.12. The van der Waals surface area contributed by atoms with Crippen molar-refractivity contribution in [2.75, 3.05) is 31.5 Å². The molecule has 2 heterocycles. The van der Waals surface area contributed by atoms with Crippen LogP contribution >= 0.6 is 11.7 Å². The summed E-state index contributed by atoms with van der Waals surface area (Å²) in [7, 11) is -3.72. The molecule has 1 aliphatic rings. The van der Waals surface area contributed by atoms with Crippen molar-refractivity contribution >= 4 is 50.3 Å². The summed E-state index contributed by atoms with van der Waals surface area (Å²) in [5.41, 5.74) is 7.08. The molecule has 12 heteroatoms. The van der Waals surface area contributed by atoms with Gasteiger partial charge in [0.2, 0.25) is 21.8 Å². The fourth-order valence-electron chi connectivity index (χ4n) is 3.59. The summed E-state index contributed by atoms with van der Waals surface area (Å²) in [5, 5.41) is 2.81. The number of sulfonamides is 1. The van der Waals surface area contributed by atoms with Crippen molar-refractivity contribution in [2.24, 2.45) is 5.73 Å². The maximum absolute atomic E-state index is 13.2. The number of benzene rings is 2.